The second kappa shape index (κ2) is 8.57. The fourth-order valence-electron chi connectivity index (χ4n) is 7.63. The second-order valence-electron chi connectivity index (χ2n) is 12.6. The van der Waals surface area contributed by atoms with Crippen LogP contribution in [-0.2, 0) is 27.2 Å². The van der Waals surface area contributed by atoms with Gasteiger partial charge in [-0.05, 0) is 84.3 Å². The zero-order valence-corrected chi connectivity index (χ0v) is 21.3. The number of benzene rings is 1. The summed E-state index contributed by atoms with van der Waals surface area (Å²) >= 11 is 0. The van der Waals surface area contributed by atoms with E-state index in [0.717, 1.165) is 25.7 Å². The van der Waals surface area contributed by atoms with Gasteiger partial charge in [-0.2, -0.15) is 0 Å². The van der Waals surface area contributed by atoms with Crippen molar-refractivity contribution < 1.29 is 14.4 Å². The quantitative estimate of drug-likeness (QED) is 0.400. The van der Waals surface area contributed by atoms with Gasteiger partial charge < -0.3 is 0 Å². The molecule has 0 N–H and O–H groups in total. The smallest absolute Gasteiger partial charge is 0.155 e. The minimum atomic E-state index is -0.180. The Hall–Kier alpha value is -2.03. The third kappa shape index (κ3) is 4.14. The molecule has 0 aromatic heterocycles. The summed E-state index contributed by atoms with van der Waals surface area (Å²) in [5.74, 6) is 1.86. The van der Waals surface area contributed by atoms with Crippen LogP contribution in [0.3, 0.4) is 0 Å². The van der Waals surface area contributed by atoms with E-state index in [9.17, 15) is 14.4 Å². The van der Waals surface area contributed by atoms with Crippen LogP contribution in [0.4, 0.5) is 0 Å². The molecule has 0 heterocycles. The highest BCUT2D eigenvalue weighted by Crippen LogP contribution is 2.71. The molecule has 5 rings (SSSR count). The van der Waals surface area contributed by atoms with Crippen molar-refractivity contribution in [3.63, 3.8) is 0 Å². The number of ketones is 3. The highest BCUT2D eigenvalue weighted by molar-refractivity contribution is 5.96. The van der Waals surface area contributed by atoms with E-state index in [1.54, 1.807) is 6.92 Å². The predicted octanol–water partition coefficient (Wildman–Crippen LogP) is 6.04. The van der Waals surface area contributed by atoms with Crippen LogP contribution in [0.2, 0.25) is 0 Å². The maximum Gasteiger partial charge on any atom is 0.155 e. The Bertz CT molecular complexity index is 1000. The number of rotatable bonds is 10. The van der Waals surface area contributed by atoms with Gasteiger partial charge >= 0.3 is 0 Å². The van der Waals surface area contributed by atoms with Crippen molar-refractivity contribution >= 4 is 17.3 Å². The van der Waals surface area contributed by atoms with Gasteiger partial charge in [0.15, 0.2) is 5.78 Å². The fraction of sp³-hybridized carbons (Fsp3) is 0.645. The summed E-state index contributed by atoms with van der Waals surface area (Å²) in [6.07, 6.45) is 6.45. The third-order valence-corrected chi connectivity index (χ3v) is 10.2. The molecule has 0 spiro atoms. The van der Waals surface area contributed by atoms with Crippen LogP contribution in [0.5, 0.6) is 0 Å². The summed E-state index contributed by atoms with van der Waals surface area (Å²) in [4.78, 5) is 39.8. The van der Waals surface area contributed by atoms with Crippen LogP contribution >= 0.6 is 0 Å². The molecule has 0 aliphatic heterocycles. The maximum absolute atomic E-state index is 13.9. The summed E-state index contributed by atoms with van der Waals surface area (Å²) in [5.41, 5.74) is 3.50. The molecule has 3 saturated carbocycles. The number of fused-ring (bicyclic) bond motifs is 2. The zero-order valence-electron chi connectivity index (χ0n) is 21.3. The van der Waals surface area contributed by atoms with Crippen LogP contribution in [0.15, 0.2) is 36.4 Å². The third-order valence-electron chi connectivity index (χ3n) is 10.2. The molecule has 5 unspecified atom stereocenters. The van der Waals surface area contributed by atoms with E-state index in [-0.39, 0.29) is 40.7 Å². The molecule has 0 radical (unpaired) electrons. The normalized spacial score (nSPS) is 30.8. The fourth-order valence-corrected chi connectivity index (χ4v) is 7.63. The van der Waals surface area contributed by atoms with E-state index >= 15 is 0 Å². The van der Waals surface area contributed by atoms with Crippen LogP contribution < -0.4 is 0 Å². The summed E-state index contributed by atoms with van der Waals surface area (Å²) in [6.45, 7) is 12.2. The standard InChI is InChI=1S/C31H40O3/c1-17(19(3)32)23(12-20-10-11-20)15-27(33)28-25(16-26-29(28)31(26,4)5)30(34)18(2)24-13-21-8-6-7-9-22(21)14-24/h6-9,18,20,23-26,28-29H,1,10-16H2,2-5H3/t18?,23-,25?,26?,28?,29?/m0/s1. The average Bonchev–Trinajstić information content (AvgIpc) is 3.55. The van der Waals surface area contributed by atoms with Gasteiger partial charge in [0.1, 0.15) is 11.6 Å². The van der Waals surface area contributed by atoms with Crippen molar-refractivity contribution in [1.82, 2.24) is 0 Å². The SMILES string of the molecule is C=C(C(C)=O)[C@H](CC(=O)C1C(C(=O)C(C)C2Cc3ccccc3C2)CC2C1C2(C)C)CC1CC1. The highest BCUT2D eigenvalue weighted by Gasteiger charge is 2.69. The molecule has 0 bridgehead atoms. The molecule has 0 saturated heterocycles. The molecule has 1 aromatic carbocycles. The highest BCUT2D eigenvalue weighted by atomic mass is 16.1. The van der Waals surface area contributed by atoms with Gasteiger partial charge in [0.25, 0.3) is 0 Å². The lowest BCUT2D eigenvalue weighted by Crippen LogP contribution is -2.37. The predicted molar refractivity (Wildman–Crippen MR) is 134 cm³/mol. The van der Waals surface area contributed by atoms with Crippen LogP contribution in [0.25, 0.3) is 0 Å². The number of hydrogen-bond acceptors (Lipinski definition) is 3. The lowest BCUT2D eigenvalue weighted by molar-refractivity contribution is -0.136. The van der Waals surface area contributed by atoms with E-state index in [0.29, 0.717) is 41.4 Å². The Morgan fingerprint density at radius 1 is 1.09 bits per heavy atom. The first kappa shape index (κ1) is 23.7. The largest absolute Gasteiger partial charge is 0.299 e. The van der Waals surface area contributed by atoms with E-state index in [4.69, 9.17) is 0 Å². The Labute approximate surface area is 204 Å². The van der Waals surface area contributed by atoms with Crippen molar-refractivity contribution in [3.05, 3.63) is 47.5 Å². The van der Waals surface area contributed by atoms with Crippen molar-refractivity contribution in [1.29, 1.82) is 0 Å². The topological polar surface area (TPSA) is 51.2 Å². The van der Waals surface area contributed by atoms with Gasteiger partial charge in [-0.25, -0.2) is 0 Å². The maximum atomic E-state index is 13.9. The van der Waals surface area contributed by atoms with Crippen molar-refractivity contribution in [3.8, 4) is 0 Å². The molecule has 1 aromatic rings. The van der Waals surface area contributed by atoms with Gasteiger partial charge in [0.2, 0.25) is 0 Å². The Morgan fingerprint density at radius 3 is 2.26 bits per heavy atom. The summed E-state index contributed by atoms with van der Waals surface area (Å²) in [7, 11) is 0. The van der Waals surface area contributed by atoms with Gasteiger partial charge in [-0.15, -0.1) is 0 Å². The minimum absolute atomic E-state index is 0.00320. The molecular formula is C31H40O3. The molecule has 3 heteroatoms. The number of carbonyl (C=O) groups excluding carboxylic acids is 3. The van der Waals surface area contributed by atoms with Crippen molar-refractivity contribution in [2.24, 2.45) is 52.8 Å². The van der Waals surface area contributed by atoms with E-state index in [2.05, 4.69) is 51.6 Å². The molecule has 0 amide bonds. The second-order valence-corrected chi connectivity index (χ2v) is 12.6. The molecule has 4 aliphatic carbocycles. The summed E-state index contributed by atoms with van der Waals surface area (Å²) in [6, 6.07) is 8.55. The molecule has 34 heavy (non-hydrogen) atoms. The van der Waals surface area contributed by atoms with E-state index < -0.39 is 0 Å². The van der Waals surface area contributed by atoms with Gasteiger partial charge in [0.05, 0.1) is 0 Å². The first-order valence-electron chi connectivity index (χ1n) is 13.4. The van der Waals surface area contributed by atoms with E-state index in [1.807, 2.05) is 0 Å². The molecule has 6 atom stereocenters. The average molecular weight is 461 g/mol. The van der Waals surface area contributed by atoms with Crippen LogP contribution in [0, 0.1) is 52.8 Å². The minimum Gasteiger partial charge on any atom is -0.299 e. The molecule has 3 nitrogen and oxygen atoms in total. The number of Topliss-reactive ketones (excluding diaryl/α,β-unsaturated/α-hetero) is 3. The Kier molecular flexibility index (Phi) is 5.97. The zero-order chi connectivity index (χ0) is 24.4. The van der Waals surface area contributed by atoms with Crippen LogP contribution in [-0.4, -0.2) is 17.3 Å². The van der Waals surface area contributed by atoms with Gasteiger partial charge in [-0.3, -0.25) is 14.4 Å². The van der Waals surface area contributed by atoms with Gasteiger partial charge in [-0.1, -0.05) is 64.5 Å². The molecule has 3 fully saturated rings. The number of carbonyl (C=O) groups is 3. The van der Waals surface area contributed by atoms with Crippen LogP contribution in [0.1, 0.15) is 70.9 Å². The number of hydrogen-bond donors (Lipinski definition) is 0. The molecule has 4 aliphatic rings. The van der Waals surface area contributed by atoms with Crippen molar-refractivity contribution in [2.45, 2.75) is 72.6 Å². The summed E-state index contributed by atoms with van der Waals surface area (Å²) in [5, 5.41) is 0. The monoisotopic (exact) mass is 460 g/mol. The van der Waals surface area contributed by atoms with E-state index in [1.165, 1.54) is 24.0 Å². The summed E-state index contributed by atoms with van der Waals surface area (Å²) < 4.78 is 0. The van der Waals surface area contributed by atoms with Gasteiger partial charge in [0, 0.05) is 24.2 Å². The van der Waals surface area contributed by atoms with Crippen molar-refractivity contribution in [2.75, 3.05) is 0 Å². The molecular weight excluding hydrogens is 420 g/mol. The lowest BCUT2D eigenvalue weighted by atomic mass is 9.72. The number of allylic oxidation sites excluding steroid dienone is 1. The molecule has 182 valence electrons. The lowest BCUT2D eigenvalue weighted by Gasteiger charge is -2.30. The Morgan fingerprint density at radius 2 is 1.71 bits per heavy atom. The Balaban J connectivity index is 1.32. The first-order chi connectivity index (χ1) is 16.1. The first-order valence-corrected chi connectivity index (χ1v) is 13.4.